The van der Waals surface area contributed by atoms with Gasteiger partial charge in [0.25, 0.3) is 0 Å². The minimum absolute atomic E-state index is 0. The topological polar surface area (TPSA) is 61.5 Å². The van der Waals surface area contributed by atoms with Crippen molar-refractivity contribution in [1.29, 1.82) is 0 Å². The van der Waals surface area contributed by atoms with Crippen LogP contribution in [0.5, 0.6) is 5.75 Å². The highest BCUT2D eigenvalue weighted by molar-refractivity contribution is 5.85. The van der Waals surface area contributed by atoms with Crippen molar-refractivity contribution in [2.45, 2.75) is 6.04 Å². The van der Waals surface area contributed by atoms with Crippen LogP contribution < -0.4 is 11.1 Å². The molecule has 2 rings (SSSR count). The number of nitrogen functional groups attached to an aromatic ring is 1. The van der Waals surface area contributed by atoms with E-state index in [9.17, 15) is 13.9 Å². The Morgan fingerprint density at radius 2 is 1.90 bits per heavy atom. The fraction of sp³-hybridized carbons (Fsp3) is 0.500. The molecular weight excluding hydrogens is 311 g/mol. The van der Waals surface area contributed by atoms with Crippen LogP contribution >= 0.6 is 24.8 Å². The average molecular weight is 330 g/mol. The lowest BCUT2D eigenvalue weighted by Gasteiger charge is -2.34. The zero-order valence-electron chi connectivity index (χ0n) is 10.8. The van der Waals surface area contributed by atoms with Crippen LogP contribution in [0.25, 0.3) is 0 Å². The van der Waals surface area contributed by atoms with Crippen molar-refractivity contribution in [2.24, 2.45) is 0 Å². The number of piperazine rings is 1. The molecule has 8 heteroatoms. The van der Waals surface area contributed by atoms with Gasteiger partial charge in [-0.05, 0) is 6.07 Å². The van der Waals surface area contributed by atoms with Gasteiger partial charge in [0.1, 0.15) is 23.9 Å². The van der Waals surface area contributed by atoms with Gasteiger partial charge in [-0.25, -0.2) is 8.78 Å². The Balaban J connectivity index is 0.00000180. The van der Waals surface area contributed by atoms with Crippen LogP contribution in [-0.4, -0.2) is 42.9 Å². The van der Waals surface area contributed by atoms with E-state index in [1.165, 1.54) is 6.07 Å². The van der Waals surface area contributed by atoms with E-state index < -0.39 is 18.5 Å². The Morgan fingerprint density at radius 1 is 1.30 bits per heavy atom. The zero-order chi connectivity index (χ0) is 13.1. The van der Waals surface area contributed by atoms with E-state index in [0.29, 0.717) is 18.7 Å². The maximum Gasteiger partial charge on any atom is 0.149 e. The van der Waals surface area contributed by atoms with Crippen LogP contribution in [0.15, 0.2) is 12.1 Å². The minimum atomic E-state index is -0.686. The molecule has 1 saturated heterocycles. The van der Waals surface area contributed by atoms with Gasteiger partial charge in [0.05, 0.1) is 6.04 Å². The van der Waals surface area contributed by atoms with Crippen LogP contribution in [0.2, 0.25) is 0 Å². The van der Waals surface area contributed by atoms with E-state index in [1.807, 2.05) is 4.90 Å². The second kappa shape index (κ2) is 8.46. The van der Waals surface area contributed by atoms with Gasteiger partial charge in [0.15, 0.2) is 0 Å². The Bertz CT molecular complexity index is 431. The summed E-state index contributed by atoms with van der Waals surface area (Å²) in [4.78, 5) is 1.92. The molecule has 0 amide bonds. The predicted molar refractivity (Wildman–Crippen MR) is 80.1 cm³/mol. The maximum atomic E-state index is 13.2. The number of hydrogen-bond acceptors (Lipinski definition) is 4. The number of nitrogens with two attached hydrogens (primary N) is 1. The van der Waals surface area contributed by atoms with Gasteiger partial charge in [-0.1, -0.05) is 6.07 Å². The molecule has 1 aromatic rings. The first-order valence-electron chi connectivity index (χ1n) is 5.92. The summed E-state index contributed by atoms with van der Waals surface area (Å²) < 4.78 is 26.4. The van der Waals surface area contributed by atoms with Crippen molar-refractivity contribution < 1.29 is 13.9 Å². The summed E-state index contributed by atoms with van der Waals surface area (Å²) in [6, 6.07) is 1.98. The number of rotatable bonds is 3. The van der Waals surface area contributed by atoms with Gasteiger partial charge in [0, 0.05) is 31.7 Å². The second-order valence-electron chi connectivity index (χ2n) is 4.35. The molecule has 1 aliphatic heterocycles. The third-order valence-electron chi connectivity index (χ3n) is 3.29. The van der Waals surface area contributed by atoms with E-state index in [2.05, 4.69) is 5.32 Å². The van der Waals surface area contributed by atoms with Crippen molar-refractivity contribution in [3.63, 3.8) is 0 Å². The molecule has 0 radical (unpaired) electrons. The first kappa shape index (κ1) is 19.2. The maximum absolute atomic E-state index is 13.2. The van der Waals surface area contributed by atoms with E-state index >= 15 is 0 Å². The summed E-state index contributed by atoms with van der Waals surface area (Å²) in [6.45, 7) is 2.27. The SMILES string of the molecule is Cl.Cl.Nc1c(F)ccc([C@H](CF)N2CCNCC2)c1O. The lowest BCUT2D eigenvalue weighted by molar-refractivity contribution is 0.145. The van der Waals surface area contributed by atoms with Gasteiger partial charge < -0.3 is 16.2 Å². The van der Waals surface area contributed by atoms with Gasteiger partial charge in [-0.3, -0.25) is 4.90 Å². The van der Waals surface area contributed by atoms with Gasteiger partial charge in [-0.2, -0.15) is 0 Å². The molecule has 1 atom stereocenters. The molecule has 20 heavy (non-hydrogen) atoms. The van der Waals surface area contributed by atoms with Crippen molar-refractivity contribution in [3.8, 4) is 5.75 Å². The standard InChI is InChI=1S/C12H17F2N3O.2ClH/c13-7-10(17-5-3-16-4-6-17)8-1-2-9(14)11(15)12(8)18;;/h1-2,10,16,18H,3-7,15H2;2*1H/t10-;;/m0../s1. The van der Waals surface area contributed by atoms with Crippen LogP contribution in [0, 0.1) is 5.82 Å². The zero-order valence-corrected chi connectivity index (χ0v) is 12.4. The summed E-state index contributed by atoms with van der Waals surface area (Å²) in [5.74, 6) is -1.04. The summed E-state index contributed by atoms with van der Waals surface area (Å²) >= 11 is 0. The van der Waals surface area contributed by atoms with Crippen molar-refractivity contribution in [3.05, 3.63) is 23.5 Å². The predicted octanol–water partition coefficient (Wildman–Crippen LogP) is 1.87. The fourth-order valence-corrected chi connectivity index (χ4v) is 2.24. The number of benzene rings is 1. The highest BCUT2D eigenvalue weighted by Gasteiger charge is 2.25. The third kappa shape index (κ3) is 3.85. The second-order valence-corrected chi connectivity index (χ2v) is 4.35. The highest BCUT2D eigenvalue weighted by Crippen LogP contribution is 2.35. The molecule has 1 aliphatic rings. The molecular formula is C12H19Cl2F2N3O. The Labute approximate surface area is 129 Å². The monoisotopic (exact) mass is 329 g/mol. The van der Waals surface area contributed by atoms with Crippen molar-refractivity contribution >= 4 is 30.5 Å². The number of halogens is 4. The van der Waals surface area contributed by atoms with Crippen molar-refractivity contribution in [2.75, 3.05) is 38.6 Å². The Hall–Kier alpha value is -0.820. The minimum Gasteiger partial charge on any atom is -0.505 e. The normalized spacial score (nSPS) is 16.9. The average Bonchev–Trinajstić information content (AvgIpc) is 2.41. The van der Waals surface area contributed by atoms with Crippen LogP contribution in [-0.2, 0) is 0 Å². The lowest BCUT2D eigenvalue weighted by Crippen LogP contribution is -2.45. The number of phenolic OH excluding ortho intramolecular Hbond substituents is 1. The van der Waals surface area contributed by atoms with Crippen LogP contribution in [0.1, 0.15) is 11.6 Å². The molecule has 0 bridgehead atoms. The largest absolute Gasteiger partial charge is 0.505 e. The number of hydrogen-bond donors (Lipinski definition) is 3. The quantitative estimate of drug-likeness (QED) is 0.585. The first-order chi connectivity index (χ1) is 8.65. The molecule has 1 aromatic carbocycles. The lowest BCUT2D eigenvalue weighted by atomic mass is 10.0. The number of anilines is 1. The van der Waals surface area contributed by atoms with E-state index in [4.69, 9.17) is 5.73 Å². The molecule has 0 unspecified atom stereocenters. The highest BCUT2D eigenvalue weighted by atomic mass is 35.5. The molecule has 0 saturated carbocycles. The smallest absolute Gasteiger partial charge is 0.149 e. The van der Waals surface area contributed by atoms with E-state index in [0.717, 1.165) is 19.2 Å². The molecule has 4 nitrogen and oxygen atoms in total. The summed E-state index contributed by atoms with van der Waals surface area (Å²) in [5.41, 5.74) is 5.45. The number of alkyl halides is 1. The summed E-state index contributed by atoms with van der Waals surface area (Å²) in [7, 11) is 0. The van der Waals surface area contributed by atoms with Gasteiger partial charge in [0.2, 0.25) is 0 Å². The molecule has 0 aliphatic carbocycles. The first-order valence-corrected chi connectivity index (χ1v) is 5.92. The number of phenols is 1. The molecule has 4 N–H and O–H groups in total. The van der Waals surface area contributed by atoms with Crippen molar-refractivity contribution in [1.82, 2.24) is 10.2 Å². The third-order valence-corrected chi connectivity index (χ3v) is 3.29. The molecule has 0 aromatic heterocycles. The number of nitrogens with one attached hydrogen (secondary N) is 1. The number of nitrogens with zero attached hydrogens (tertiary/aromatic N) is 1. The summed E-state index contributed by atoms with van der Waals surface area (Å²) in [5, 5.41) is 13.0. The Kier molecular flexibility index (Phi) is 8.12. The molecule has 1 fully saturated rings. The molecule has 116 valence electrons. The van der Waals surface area contributed by atoms with E-state index in [1.54, 1.807) is 0 Å². The van der Waals surface area contributed by atoms with Crippen LogP contribution in [0.3, 0.4) is 0 Å². The molecule has 1 heterocycles. The molecule has 0 spiro atoms. The summed E-state index contributed by atoms with van der Waals surface area (Å²) in [6.07, 6.45) is 0. The van der Waals surface area contributed by atoms with Gasteiger partial charge in [-0.15, -0.1) is 24.8 Å². The number of aromatic hydroxyl groups is 1. The Morgan fingerprint density at radius 3 is 2.45 bits per heavy atom. The van der Waals surface area contributed by atoms with Crippen LogP contribution in [0.4, 0.5) is 14.5 Å². The van der Waals surface area contributed by atoms with E-state index in [-0.39, 0.29) is 36.3 Å². The fourth-order valence-electron chi connectivity index (χ4n) is 2.24. The van der Waals surface area contributed by atoms with Gasteiger partial charge >= 0.3 is 0 Å².